The number of H-pyrrole nitrogens is 1. The first-order valence-electron chi connectivity index (χ1n) is 8.92. The maximum absolute atomic E-state index is 12.0. The number of ether oxygens (including phenoxy) is 1. The Balaban J connectivity index is 1.50. The lowest BCUT2D eigenvalue weighted by molar-refractivity contribution is -0.147. The first kappa shape index (κ1) is 19.3. The van der Waals surface area contributed by atoms with Gasteiger partial charge in [-0.3, -0.25) is 14.4 Å². The van der Waals surface area contributed by atoms with Gasteiger partial charge in [-0.05, 0) is 49.2 Å². The molecular formula is C21H21N3O4. The third-order valence-electron chi connectivity index (χ3n) is 4.10. The van der Waals surface area contributed by atoms with Crippen LogP contribution in [0.1, 0.15) is 23.4 Å². The second-order valence-corrected chi connectivity index (χ2v) is 6.62. The first-order chi connectivity index (χ1) is 13.4. The normalized spacial score (nSPS) is 10.6. The zero-order valence-corrected chi connectivity index (χ0v) is 15.7. The van der Waals surface area contributed by atoms with Crippen molar-refractivity contribution in [1.82, 2.24) is 9.97 Å². The van der Waals surface area contributed by atoms with E-state index in [0.29, 0.717) is 22.4 Å². The van der Waals surface area contributed by atoms with Crippen LogP contribution in [0.4, 0.5) is 5.69 Å². The van der Waals surface area contributed by atoms with E-state index in [4.69, 9.17) is 4.74 Å². The Morgan fingerprint density at radius 1 is 1.11 bits per heavy atom. The number of rotatable bonds is 6. The maximum Gasteiger partial charge on any atom is 0.306 e. The summed E-state index contributed by atoms with van der Waals surface area (Å²) in [5.41, 5.74) is 3.05. The molecule has 0 aliphatic carbocycles. The van der Waals surface area contributed by atoms with Crippen LogP contribution < -0.4 is 10.9 Å². The van der Waals surface area contributed by atoms with Gasteiger partial charge in [0.25, 0.3) is 11.5 Å². The van der Waals surface area contributed by atoms with E-state index in [1.54, 1.807) is 24.3 Å². The summed E-state index contributed by atoms with van der Waals surface area (Å²) in [6, 6.07) is 12.7. The minimum absolute atomic E-state index is 0.0120. The van der Waals surface area contributed by atoms with Crippen molar-refractivity contribution in [3.05, 3.63) is 69.8 Å². The topological polar surface area (TPSA) is 101 Å². The maximum atomic E-state index is 12.0. The molecule has 0 aliphatic rings. The van der Waals surface area contributed by atoms with Crippen molar-refractivity contribution < 1.29 is 14.3 Å². The second-order valence-electron chi connectivity index (χ2n) is 6.62. The van der Waals surface area contributed by atoms with Crippen LogP contribution in [0.3, 0.4) is 0 Å². The lowest BCUT2D eigenvalue weighted by atomic mass is 10.1. The van der Waals surface area contributed by atoms with E-state index in [9.17, 15) is 14.4 Å². The molecule has 1 amide bonds. The average molecular weight is 379 g/mol. The van der Waals surface area contributed by atoms with Gasteiger partial charge in [0.15, 0.2) is 6.61 Å². The number of aromatic nitrogens is 2. The fourth-order valence-corrected chi connectivity index (χ4v) is 2.94. The third-order valence-corrected chi connectivity index (χ3v) is 4.10. The Morgan fingerprint density at radius 2 is 1.82 bits per heavy atom. The van der Waals surface area contributed by atoms with Gasteiger partial charge in [0.2, 0.25) is 0 Å². The molecule has 7 nitrogen and oxygen atoms in total. The van der Waals surface area contributed by atoms with Crippen molar-refractivity contribution in [3.8, 4) is 0 Å². The highest BCUT2D eigenvalue weighted by Gasteiger charge is 2.10. The molecular weight excluding hydrogens is 358 g/mol. The summed E-state index contributed by atoms with van der Waals surface area (Å²) >= 11 is 0. The van der Waals surface area contributed by atoms with Crippen molar-refractivity contribution in [2.24, 2.45) is 0 Å². The summed E-state index contributed by atoms with van der Waals surface area (Å²) in [7, 11) is 0. The van der Waals surface area contributed by atoms with Crippen molar-refractivity contribution in [1.29, 1.82) is 0 Å². The molecule has 2 N–H and O–H groups in total. The van der Waals surface area contributed by atoms with E-state index in [1.807, 2.05) is 32.0 Å². The molecule has 0 unspecified atom stereocenters. The smallest absolute Gasteiger partial charge is 0.306 e. The second kappa shape index (κ2) is 8.47. The molecule has 0 fully saturated rings. The number of nitrogens with zero attached hydrogens (tertiary/aromatic N) is 1. The van der Waals surface area contributed by atoms with Gasteiger partial charge in [0, 0.05) is 12.1 Å². The van der Waals surface area contributed by atoms with E-state index in [1.165, 1.54) is 0 Å². The SMILES string of the molecule is Cc1cc(C)cc(NC(=O)COC(=O)CCc2nc3ccccc3c(=O)[nH]2)c1. The van der Waals surface area contributed by atoms with Crippen molar-refractivity contribution in [2.45, 2.75) is 26.7 Å². The number of aromatic amines is 1. The molecule has 0 bridgehead atoms. The number of carbonyl (C=O) groups is 2. The molecule has 3 rings (SSSR count). The number of hydrogen-bond donors (Lipinski definition) is 2. The lowest BCUT2D eigenvalue weighted by Crippen LogP contribution is -2.21. The van der Waals surface area contributed by atoms with Gasteiger partial charge < -0.3 is 15.0 Å². The molecule has 1 heterocycles. The van der Waals surface area contributed by atoms with Crippen LogP contribution in [0.15, 0.2) is 47.3 Å². The molecule has 7 heteroatoms. The number of hydrogen-bond acceptors (Lipinski definition) is 5. The quantitative estimate of drug-likeness (QED) is 0.641. The molecule has 1 aromatic heterocycles. The van der Waals surface area contributed by atoms with Crippen LogP contribution in [-0.2, 0) is 20.7 Å². The van der Waals surface area contributed by atoms with Gasteiger partial charge in [-0.25, -0.2) is 4.98 Å². The zero-order valence-electron chi connectivity index (χ0n) is 15.7. The zero-order chi connectivity index (χ0) is 20.1. The summed E-state index contributed by atoms with van der Waals surface area (Å²) in [4.78, 5) is 42.9. The minimum Gasteiger partial charge on any atom is -0.456 e. The molecule has 0 aliphatic heterocycles. The highest BCUT2D eigenvalue weighted by molar-refractivity contribution is 5.93. The number of carbonyl (C=O) groups excluding carboxylic acids is 2. The Labute approximate surface area is 161 Å². The average Bonchev–Trinajstić information content (AvgIpc) is 2.64. The number of anilines is 1. The molecule has 0 atom stereocenters. The summed E-state index contributed by atoms with van der Waals surface area (Å²) in [6.07, 6.45) is 0.232. The largest absolute Gasteiger partial charge is 0.456 e. The van der Waals surface area contributed by atoms with Gasteiger partial charge in [0.05, 0.1) is 17.3 Å². The standard InChI is InChI=1S/C21H21N3O4/c1-13-9-14(2)11-15(10-13)22-19(25)12-28-20(26)8-7-18-23-17-6-4-3-5-16(17)21(27)24-18/h3-6,9-11H,7-8,12H2,1-2H3,(H,22,25)(H,23,24,27). The molecule has 3 aromatic rings. The molecule has 0 saturated carbocycles. The van der Waals surface area contributed by atoms with Crippen LogP contribution in [0.5, 0.6) is 0 Å². The van der Waals surface area contributed by atoms with Crippen molar-refractivity contribution >= 4 is 28.5 Å². The number of esters is 1. The highest BCUT2D eigenvalue weighted by atomic mass is 16.5. The van der Waals surface area contributed by atoms with Crippen LogP contribution in [0.25, 0.3) is 10.9 Å². The van der Waals surface area contributed by atoms with Gasteiger partial charge in [-0.15, -0.1) is 0 Å². The van der Waals surface area contributed by atoms with E-state index in [0.717, 1.165) is 11.1 Å². The Hall–Kier alpha value is -3.48. The van der Waals surface area contributed by atoms with E-state index < -0.39 is 11.9 Å². The lowest BCUT2D eigenvalue weighted by Gasteiger charge is -2.08. The number of para-hydroxylation sites is 1. The van der Waals surface area contributed by atoms with E-state index in [-0.39, 0.29) is 25.0 Å². The fourth-order valence-electron chi connectivity index (χ4n) is 2.94. The van der Waals surface area contributed by atoms with E-state index in [2.05, 4.69) is 15.3 Å². The predicted molar refractivity (Wildman–Crippen MR) is 106 cm³/mol. The molecule has 0 spiro atoms. The Kier molecular flexibility index (Phi) is 5.84. The summed E-state index contributed by atoms with van der Waals surface area (Å²) in [5, 5.41) is 3.20. The number of aryl methyl sites for hydroxylation is 3. The monoisotopic (exact) mass is 379 g/mol. The Bertz CT molecular complexity index is 1070. The van der Waals surface area contributed by atoms with E-state index >= 15 is 0 Å². The number of benzene rings is 2. The van der Waals surface area contributed by atoms with Crippen LogP contribution >= 0.6 is 0 Å². The molecule has 0 radical (unpaired) electrons. The predicted octanol–water partition coefficient (Wildman–Crippen LogP) is 2.65. The molecule has 144 valence electrons. The number of nitrogens with one attached hydrogen (secondary N) is 2. The molecule has 28 heavy (non-hydrogen) atoms. The van der Waals surface area contributed by atoms with Gasteiger partial charge in [-0.2, -0.15) is 0 Å². The molecule has 0 saturated heterocycles. The highest BCUT2D eigenvalue weighted by Crippen LogP contribution is 2.13. The van der Waals surface area contributed by atoms with Crippen molar-refractivity contribution in [3.63, 3.8) is 0 Å². The van der Waals surface area contributed by atoms with Gasteiger partial charge in [0.1, 0.15) is 5.82 Å². The summed E-state index contributed by atoms with van der Waals surface area (Å²) in [5.74, 6) is -0.540. The first-order valence-corrected chi connectivity index (χ1v) is 8.92. The number of amides is 1. The Morgan fingerprint density at radius 3 is 2.57 bits per heavy atom. The third kappa shape index (κ3) is 5.03. The van der Waals surface area contributed by atoms with Crippen LogP contribution in [-0.4, -0.2) is 28.5 Å². The van der Waals surface area contributed by atoms with Gasteiger partial charge >= 0.3 is 5.97 Å². The minimum atomic E-state index is -0.536. The van der Waals surface area contributed by atoms with Crippen LogP contribution in [0.2, 0.25) is 0 Å². The van der Waals surface area contributed by atoms with Gasteiger partial charge in [-0.1, -0.05) is 18.2 Å². The molecule has 2 aromatic carbocycles. The van der Waals surface area contributed by atoms with Crippen molar-refractivity contribution in [2.75, 3.05) is 11.9 Å². The summed E-state index contributed by atoms with van der Waals surface area (Å²) < 4.78 is 5.01. The summed E-state index contributed by atoms with van der Waals surface area (Å²) in [6.45, 7) is 3.51. The fraction of sp³-hybridized carbons (Fsp3) is 0.238. The number of fused-ring (bicyclic) bond motifs is 1. The van der Waals surface area contributed by atoms with Crippen LogP contribution in [0, 0.1) is 13.8 Å².